The third-order valence-electron chi connectivity index (χ3n) is 4.91. The van der Waals surface area contributed by atoms with Crippen LogP contribution in [0.15, 0.2) is 59.5 Å². The van der Waals surface area contributed by atoms with Crippen LogP contribution < -0.4 is 5.56 Å². The molecular formula is C22H21FN4O. The Labute approximate surface area is 162 Å². The van der Waals surface area contributed by atoms with E-state index in [0.29, 0.717) is 17.7 Å². The zero-order valence-corrected chi connectivity index (χ0v) is 16.1. The third kappa shape index (κ3) is 3.11. The third-order valence-corrected chi connectivity index (χ3v) is 4.91. The van der Waals surface area contributed by atoms with Gasteiger partial charge in [0.15, 0.2) is 0 Å². The summed E-state index contributed by atoms with van der Waals surface area (Å²) < 4.78 is 16.4. The summed E-state index contributed by atoms with van der Waals surface area (Å²) in [4.78, 5) is 13.3. The van der Waals surface area contributed by atoms with Gasteiger partial charge in [-0.2, -0.15) is 10.2 Å². The van der Waals surface area contributed by atoms with Crippen molar-refractivity contribution in [3.05, 3.63) is 87.7 Å². The first kappa shape index (κ1) is 18.1. The maximum atomic E-state index is 13.3. The standard InChI is InChI=1S/C22H21FN4O/c1-14(2)20-19-12-24-27(18-10-8-17(23)9-11-18)21(19)22(28)26(25-20)13-16-7-5-4-6-15(16)3/h4-12,14H,13H2,1-3H3. The number of benzene rings is 2. The van der Waals surface area contributed by atoms with E-state index in [1.54, 1.807) is 23.0 Å². The smallest absolute Gasteiger partial charge is 0.265 e. The molecule has 0 aliphatic rings. The summed E-state index contributed by atoms with van der Waals surface area (Å²) >= 11 is 0. The molecule has 2 aromatic heterocycles. The molecule has 0 saturated carbocycles. The number of hydrogen-bond acceptors (Lipinski definition) is 3. The van der Waals surface area contributed by atoms with Gasteiger partial charge in [-0.3, -0.25) is 4.79 Å². The number of aryl methyl sites for hydroxylation is 1. The number of aromatic nitrogens is 4. The first-order valence-electron chi connectivity index (χ1n) is 9.25. The van der Waals surface area contributed by atoms with Gasteiger partial charge in [-0.05, 0) is 48.2 Å². The lowest BCUT2D eigenvalue weighted by molar-refractivity contribution is 0.610. The van der Waals surface area contributed by atoms with Gasteiger partial charge in [-0.25, -0.2) is 13.8 Å². The quantitative estimate of drug-likeness (QED) is 0.536. The van der Waals surface area contributed by atoms with Crippen molar-refractivity contribution in [3.63, 3.8) is 0 Å². The highest BCUT2D eigenvalue weighted by molar-refractivity contribution is 5.82. The van der Waals surface area contributed by atoms with Crippen LogP contribution >= 0.6 is 0 Å². The summed E-state index contributed by atoms with van der Waals surface area (Å²) in [6, 6.07) is 13.9. The van der Waals surface area contributed by atoms with Crippen molar-refractivity contribution in [3.8, 4) is 5.69 Å². The minimum absolute atomic E-state index is 0.122. The lowest BCUT2D eigenvalue weighted by atomic mass is 10.1. The molecule has 0 aliphatic carbocycles. The Morgan fingerprint density at radius 3 is 2.46 bits per heavy atom. The van der Waals surface area contributed by atoms with E-state index in [0.717, 1.165) is 22.2 Å². The number of rotatable bonds is 4. The monoisotopic (exact) mass is 376 g/mol. The molecule has 5 nitrogen and oxygen atoms in total. The van der Waals surface area contributed by atoms with Crippen molar-refractivity contribution in [2.45, 2.75) is 33.2 Å². The van der Waals surface area contributed by atoms with Crippen LogP contribution in [0.5, 0.6) is 0 Å². The van der Waals surface area contributed by atoms with Crippen LogP contribution in [0.1, 0.15) is 36.6 Å². The number of fused-ring (bicyclic) bond motifs is 1. The van der Waals surface area contributed by atoms with Crippen molar-refractivity contribution in [2.75, 3.05) is 0 Å². The molecule has 0 aliphatic heterocycles. The van der Waals surface area contributed by atoms with Crippen molar-refractivity contribution in [2.24, 2.45) is 0 Å². The zero-order valence-electron chi connectivity index (χ0n) is 16.1. The summed E-state index contributed by atoms with van der Waals surface area (Å²) in [7, 11) is 0. The molecule has 4 aromatic rings. The number of hydrogen-bond donors (Lipinski definition) is 0. The second kappa shape index (κ2) is 7.03. The molecule has 28 heavy (non-hydrogen) atoms. The van der Waals surface area contributed by atoms with Gasteiger partial charge in [0.25, 0.3) is 5.56 Å². The van der Waals surface area contributed by atoms with E-state index in [1.807, 2.05) is 45.0 Å². The molecule has 0 amide bonds. The minimum Gasteiger partial charge on any atom is -0.265 e. The van der Waals surface area contributed by atoms with Gasteiger partial charge >= 0.3 is 0 Å². The fourth-order valence-electron chi connectivity index (χ4n) is 3.35. The fourth-order valence-corrected chi connectivity index (χ4v) is 3.35. The number of nitrogens with zero attached hydrogens (tertiary/aromatic N) is 4. The van der Waals surface area contributed by atoms with Crippen LogP contribution in [0.4, 0.5) is 4.39 Å². The molecule has 0 atom stereocenters. The predicted molar refractivity (Wildman–Crippen MR) is 107 cm³/mol. The summed E-state index contributed by atoms with van der Waals surface area (Å²) in [5.74, 6) is -0.209. The maximum absolute atomic E-state index is 13.3. The van der Waals surface area contributed by atoms with Gasteiger partial charge < -0.3 is 0 Å². The molecule has 6 heteroatoms. The normalized spacial score (nSPS) is 11.5. The van der Waals surface area contributed by atoms with Crippen molar-refractivity contribution in [1.82, 2.24) is 19.6 Å². The molecule has 4 rings (SSSR count). The van der Waals surface area contributed by atoms with E-state index in [1.165, 1.54) is 16.8 Å². The van der Waals surface area contributed by atoms with E-state index < -0.39 is 0 Å². The van der Waals surface area contributed by atoms with E-state index in [9.17, 15) is 9.18 Å². The van der Waals surface area contributed by atoms with Crippen LogP contribution in [-0.4, -0.2) is 19.6 Å². The van der Waals surface area contributed by atoms with E-state index in [4.69, 9.17) is 0 Å². The molecular weight excluding hydrogens is 355 g/mol. The van der Waals surface area contributed by atoms with E-state index in [-0.39, 0.29) is 17.3 Å². The lowest BCUT2D eigenvalue weighted by Gasteiger charge is -2.13. The van der Waals surface area contributed by atoms with Crippen molar-refractivity contribution < 1.29 is 4.39 Å². The summed E-state index contributed by atoms with van der Waals surface area (Å²) in [5, 5.41) is 9.78. The second-order valence-corrected chi connectivity index (χ2v) is 7.22. The van der Waals surface area contributed by atoms with E-state index in [2.05, 4.69) is 10.2 Å². The minimum atomic E-state index is -0.332. The largest absolute Gasteiger partial charge is 0.293 e. The van der Waals surface area contributed by atoms with Gasteiger partial charge in [-0.1, -0.05) is 38.1 Å². The van der Waals surface area contributed by atoms with Crippen LogP contribution in [0.25, 0.3) is 16.6 Å². The maximum Gasteiger partial charge on any atom is 0.293 e. The van der Waals surface area contributed by atoms with Crippen LogP contribution in [0, 0.1) is 12.7 Å². The van der Waals surface area contributed by atoms with Gasteiger partial charge in [-0.15, -0.1) is 0 Å². The highest BCUT2D eigenvalue weighted by Crippen LogP contribution is 2.23. The first-order chi connectivity index (χ1) is 13.5. The van der Waals surface area contributed by atoms with Crippen molar-refractivity contribution in [1.29, 1.82) is 0 Å². The second-order valence-electron chi connectivity index (χ2n) is 7.22. The molecule has 2 aromatic carbocycles. The summed E-state index contributed by atoms with van der Waals surface area (Å²) in [5.41, 5.74) is 3.84. The average Bonchev–Trinajstić information content (AvgIpc) is 3.11. The molecule has 0 spiro atoms. The van der Waals surface area contributed by atoms with Gasteiger partial charge in [0.2, 0.25) is 0 Å². The Morgan fingerprint density at radius 2 is 1.79 bits per heavy atom. The molecule has 0 N–H and O–H groups in total. The van der Waals surface area contributed by atoms with Crippen LogP contribution in [-0.2, 0) is 6.54 Å². The van der Waals surface area contributed by atoms with Gasteiger partial charge in [0.1, 0.15) is 11.3 Å². The van der Waals surface area contributed by atoms with Crippen LogP contribution in [0.2, 0.25) is 0 Å². The molecule has 0 radical (unpaired) electrons. The number of halogens is 1. The van der Waals surface area contributed by atoms with Gasteiger partial charge in [0.05, 0.1) is 24.1 Å². The molecule has 142 valence electrons. The van der Waals surface area contributed by atoms with E-state index >= 15 is 0 Å². The zero-order chi connectivity index (χ0) is 19.8. The molecule has 0 unspecified atom stereocenters. The average molecular weight is 376 g/mol. The highest BCUT2D eigenvalue weighted by atomic mass is 19.1. The first-order valence-corrected chi connectivity index (χ1v) is 9.25. The molecule has 0 bridgehead atoms. The molecule has 2 heterocycles. The topological polar surface area (TPSA) is 52.7 Å². The molecule has 0 fully saturated rings. The Hall–Kier alpha value is -3.28. The fraction of sp³-hybridized carbons (Fsp3) is 0.227. The summed E-state index contributed by atoms with van der Waals surface area (Å²) in [6.45, 7) is 6.49. The summed E-state index contributed by atoms with van der Waals surface area (Å²) in [6.07, 6.45) is 1.67. The Bertz CT molecular complexity index is 1210. The molecule has 0 saturated heterocycles. The Balaban J connectivity index is 1.95. The Morgan fingerprint density at radius 1 is 1.07 bits per heavy atom. The predicted octanol–water partition coefficient (Wildman–Crippen LogP) is 4.20. The van der Waals surface area contributed by atoms with Crippen LogP contribution in [0.3, 0.4) is 0 Å². The van der Waals surface area contributed by atoms with Gasteiger partial charge in [0, 0.05) is 5.39 Å². The lowest BCUT2D eigenvalue weighted by Crippen LogP contribution is -2.27. The SMILES string of the molecule is Cc1ccccc1Cn1nc(C(C)C)c2cnn(-c3ccc(F)cc3)c2c1=O. The van der Waals surface area contributed by atoms with Crippen molar-refractivity contribution >= 4 is 10.9 Å². The highest BCUT2D eigenvalue weighted by Gasteiger charge is 2.19. The Kier molecular flexibility index (Phi) is 4.55.